The largest absolute Gasteiger partial charge is 0.490 e. The summed E-state index contributed by atoms with van der Waals surface area (Å²) in [6.07, 6.45) is 2.51. The van der Waals surface area contributed by atoms with Crippen LogP contribution in [0, 0.1) is 6.92 Å². The number of carbonyl (C=O) groups excluding carboxylic acids is 2. The fourth-order valence-corrected chi connectivity index (χ4v) is 3.03. The van der Waals surface area contributed by atoms with Crippen LogP contribution in [-0.4, -0.2) is 41.5 Å². The molecule has 1 aliphatic rings. The van der Waals surface area contributed by atoms with E-state index in [0.29, 0.717) is 36.0 Å². The van der Waals surface area contributed by atoms with Crippen LogP contribution in [0.25, 0.3) is 5.69 Å². The van der Waals surface area contributed by atoms with E-state index in [9.17, 15) is 9.59 Å². The molecule has 0 fully saturated rings. The summed E-state index contributed by atoms with van der Waals surface area (Å²) in [7, 11) is 0. The fourth-order valence-electron chi connectivity index (χ4n) is 3.03. The summed E-state index contributed by atoms with van der Waals surface area (Å²) in [6, 6.07) is 13.9. The van der Waals surface area contributed by atoms with Crippen molar-refractivity contribution in [3.05, 3.63) is 66.0 Å². The first kappa shape index (κ1) is 19.5. The molecule has 0 bridgehead atoms. The van der Waals surface area contributed by atoms with E-state index < -0.39 is 18.5 Å². The van der Waals surface area contributed by atoms with Crippen molar-refractivity contribution in [3.8, 4) is 17.2 Å². The number of fused-ring (bicyclic) bond motifs is 1. The van der Waals surface area contributed by atoms with Crippen LogP contribution in [0.4, 0.5) is 5.69 Å². The molecule has 30 heavy (non-hydrogen) atoms. The second-order valence-electron chi connectivity index (χ2n) is 6.77. The van der Waals surface area contributed by atoms with Crippen molar-refractivity contribution >= 4 is 17.6 Å². The molecule has 0 radical (unpaired) electrons. The van der Waals surface area contributed by atoms with Gasteiger partial charge in [-0.3, -0.25) is 4.79 Å². The molecule has 1 amide bonds. The molecule has 0 saturated heterocycles. The van der Waals surface area contributed by atoms with Crippen molar-refractivity contribution in [2.45, 2.75) is 13.3 Å². The van der Waals surface area contributed by atoms with E-state index in [-0.39, 0.29) is 0 Å². The van der Waals surface area contributed by atoms with E-state index in [0.717, 1.165) is 17.8 Å². The van der Waals surface area contributed by atoms with Crippen molar-refractivity contribution in [3.63, 3.8) is 0 Å². The van der Waals surface area contributed by atoms with E-state index >= 15 is 0 Å². The molecule has 1 aliphatic heterocycles. The average molecular weight is 407 g/mol. The minimum absolute atomic E-state index is 0.354. The van der Waals surface area contributed by atoms with Gasteiger partial charge in [-0.15, -0.1) is 0 Å². The van der Waals surface area contributed by atoms with Gasteiger partial charge in [-0.1, -0.05) is 0 Å². The smallest absolute Gasteiger partial charge is 0.338 e. The van der Waals surface area contributed by atoms with Crippen LogP contribution < -0.4 is 14.8 Å². The zero-order valence-electron chi connectivity index (χ0n) is 16.5. The number of carbonyl (C=O) groups is 2. The molecule has 8 nitrogen and oxygen atoms in total. The maximum atomic E-state index is 12.2. The Labute approximate surface area is 173 Å². The standard InChI is InChI=1S/C22H21N3O5/c1-15-9-10-23-25(15)18-6-3-16(4-7-18)22(27)30-14-21(26)24-17-5-8-19-20(13-17)29-12-2-11-28-19/h3-10,13H,2,11-12,14H2,1H3,(H,24,26). The van der Waals surface area contributed by atoms with Gasteiger partial charge in [0.25, 0.3) is 5.91 Å². The molecule has 2 heterocycles. The highest BCUT2D eigenvalue weighted by Crippen LogP contribution is 2.32. The Bertz CT molecular complexity index is 1060. The summed E-state index contributed by atoms with van der Waals surface area (Å²) in [4.78, 5) is 24.4. The Hall–Kier alpha value is -3.81. The number of benzene rings is 2. The van der Waals surface area contributed by atoms with Gasteiger partial charge in [-0.2, -0.15) is 5.10 Å². The van der Waals surface area contributed by atoms with Crippen molar-refractivity contribution < 1.29 is 23.8 Å². The number of hydrogen-bond acceptors (Lipinski definition) is 6. The van der Waals surface area contributed by atoms with Crippen LogP contribution >= 0.6 is 0 Å². The van der Waals surface area contributed by atoms with E-state index in [1.165, 1.54) is 0 Å². The predicted molar refractivity (Wildman–Crippen MR) is 109 cm³/mol. The Morgan fingerprint density at radius 3 is 2.57 bits per heavy atom. The Morgan fingerprint density at radius 1 is 1.07 bits per heavy atom. The average Bonchev–Trinajstić information content (AvgIpc) is 3.04. The molecule has 154 valence electrons. The third kappa shape index (κ3) is 4.43. The second kappa shape index (κ2) is 8.69. The number of ether oxygens (including phenoxy) is 3. The zero-order chi connectivity index (χ0) is 20.9. The third-order valence-corrected chi connectivity index (χ3v) is 4.55. The van der Waals surface area contributed by atoms with Gasteiger partial charge in [-0.25, -0.2) is 9.48 Å². The maximum absolute atomic E-state index is 12.2. The van der Waals surface area contributed by atoms with Gasteiger partial charge in [0.15, 0.2) is 18.1 Å². The number of nitrogens with one attached hydrogen (secondary N) is 1. The van der Waals surface area contributed by atoms with Crippen LogP contribution in [0.5, 0.6) is 11.5 Å². The molecule has 2 aromatic carbocycles. The van der Waals surface area contributed by atoms with Gasteiger partial charge < -0.3 is 19.5 Å². The first-order valence-electron chi connectivity index (χ1n) is 9.58. The van der Waals surface area contributed by atoms with Crippen molar-refractivity contribution in [2.24, 2.45) is 0 Å². The minimum Gasteiger partial charge on any atom is -0.490 e. The molecule has 0 aliphatic carbocycles. The number of esters is 1. The molecule has 3 aromatic rings. The second-order valence-corrected chi connectivity index (χ2v) is 6.77. The quantitative estimate of drug-likeness (QED) is 0.654. The number of aryl methyl sites for hydroxylation is 1. The Balaban J connectivity index is 1.32. The number of amides is 1. The van der Waals surface area contributed by atoms with Gasteiger partial charge in [0.1, 0.15) is 0 Å². The number of hydrogen-bond donors (Lipinski definition) is 1. The number of nitrogens with zero attached hydrogens (tertiary/aromatic N) is 2. The van der Waals surface area contributed by atoms with Gasteiger partial charge in [0.05, 0.1) is 24.5 Å². The van der Waals surface area contributed by atoms with E-state index in [1.54, 1.807) is 53.3 Å². The van der Waals surface area contributed by atoms with Crippen molar-refractivity contribution in [1.82, 2.24) is 9.78 Å². The Kier molecular flexibility index (Phi) is 5.65. The summed E-state index contributed by atoms with van der Waals surface area (Å²) in [5, 5.41) is 6.91. The molecule has 0 saturated carbocycles. The van der Waals surface area contributed by atoms with Gasteiger partial charge in [0, 0.05) is 30.1 Å². The summed E-state index contributed by atoms with van der Waals surface area (Å²) in [5.41, 5.74) is 2.71. The SMILES string of the molecule is Cc1ccnn1-c1ccc(C(=O)OCC(=O)Nc2ccc3c(c2)OCCCO3)cc1. The van der Waals surface area contributed by atoms with Crippen molar-refractivity contribution in [1.29, 1.82) is 0 Å². The lowest BCUT2D eigenvalue weighted by Crippen LogP contribution is -2.21. The predicted octanol–water partition coefficient (Wildman–Crippen LogP) is 3.14. The van der Waals surface area contributed by atoms with E-state index in [2.05, 4.69) is 10.4 Å². The number of anilines is 1. The molecule has 1 N–H and O–H groups in total. The number of aromatic nitrogens is 2. The summed E-state index contributed by atoms with van der Waals surface area (Å²) in [6.45, 7) is 2.70. The van der Waals surface area contributed by atoms with Crippen LogP contribution in [0.2, 0.25) is 0 Å². The first-order chi connectivity index (χ1) is 14.6. The highest BCUT2D eigenvalue weighted by molar-refractivity contribution is 5.95. The van der Waals surface area contributed by atoms with Crippen molar-refractivity contribution in [2.75, 3.05) is 25.1 Å². The highest BCUT2D eigenvalue weighted by atomic mass is 16.5. The number of rotatable bonds is 5. The maximum Gasteiger partial charge on any atom is 0.338 e. The zero-order valence-corrected chi connectivity index (χ0v) is 16.5. The molecule has 0 spiro atoms. The first-order valence-corrected chi connectivity index (χ1v) is 9.58. The third-order valence-electron chi connectivity index (χ3n) is 4.55. The molecule has 0 atom stereocenters. The molecule has 8 heteroatoms. The van der Waals surface area contributed by atoms with Gasteiger partial charge in [-0.05, 0) is 49.4 Å². The van der Waals surface area contributed by atoms with Gasteiger partial charge in [0.2, 0.25) is 0 Å². The topological polar surface area (TPSA) is 91.7 Å². The lowest BCUT2D eigenvalue weighted by Gasteiger charge is -2.11. The van der Waals surface area contributed by atoms with Crippen LogP contribution in [-0.2, 0) is 9.53 Å². The van der Waals surface area contributed by atoms with Gasteiger partial charge >= 0.3 is 5.97 Å². The van der Waals surface area contributed by atoms with Crippen LogP contribution in [0.1, 0.15) is 22.5 Å². The van der Waals surface area contributed by atoms with E-state index in [4.69, 9.17) is 14.2 Å². The van der Waals surface area contributed by atoms with Crippen LogP contribution in [0.3, 0.4) is 0 Å². The molecular formula is C22H21N3O5. The lowest BCUT2D eigenvalue weighted by atomic mass is 10.2. The minimum atomic E-state index is -0.576. The summed E-state index contributed by atoms with van der Waals surface area (Å²) in [5.74, 6) is 0.203. The Morgan fingerprint density at radius 2 is 1.83 bits per heavy atom. The monoisotopic (exact) mass is 407 g/mol. The summed E-state index contributed by atoms with van der Waals surface area (Å²) < 4.78 is 18.0. The molecule has 0 unspecified atom stereocenters. The van der Waals surface area contributed by atoms with Crippen LogP contribution in [0.15, 0.2) is 54.7 Å². The summed E-state index contributed by atoms with van der Waals surface area (Å²) >= 11 is 0. The fraction of sp³-hybridized carbons (Fsp3) is 0.227. The molecule has 1 aromatic heterocycles. The van der Waals surface area contributed by atoms with E-state index in [1.807, 2.05) is 13.0 Å². The highest BCUT2D eigenvalue weighted by Gasteiger charge is 2.14. The lowest BCUT2D eigenvalue weighted by molar-refractivity contribution is -0.119. The normalized spacial score (nSPS) is 12.7. The molecular weight excluding hydrogens is 386 g/mol. The molecule has 4 rings (SSSR count).